The molecule has 2 N–H and O–H groups in total. The van der Waals surface area contributed by atoms with Crippen molar-refractivity contribution in [3.8, 4) is 0 Å². The summed E-state index contributed by atoms with van der Waals surface area (Å²) in [4.78, 5) is 2.02. The molecule has 0 unspecified atom stereocenters. The lowest BCUT2D eigenvalue weighted by molar-refractivity contribution is 0.479. The van der Waals surface area contributed by atoms with E-state index in [1.165, 1.54) is 12.8 Å². The van der Waals surface area contributed by atoms with Gasteiger partial charge in [-0.3, -0.25) is 0 Å². The molecule has 0 atom stereocenters. The maximum atomic E-state index is 6.25. The average Bonchev–Trinajstić information content (AvgIpc) is 2.30. The topological polar surface area (TPSA) is 27.3 Å². The van der Waals surface area contributed by atoms with Crippen molar-refractivity contribution in [3.05, 3.63) is 23.2 Å². The van der Waals surface area contributed by atoms with Crippen molar-refractivity contribution >= 4 is 23.0 Å². The third-order valence-corrected chi connectivity index (χ3v) is 3.44. The summed E-state index contributed by atoms with van der Waals surface area (Å²) in [6.45, 7) is 2.20. The molecule has 0 amide bonds. The monoisotopic (exact) mass is 253 g/mol. The molecule has 0 aliphatic carbocycles. The molecule has 1 heterocycles. The van der Waals surface area contributed by atoms with Gasteiger partial charge < -0.3 is 15.5 Å². The number of hydrogen-bond donors (Lipinski definition) is 2. The Kier molecular flexibility index (Phi) is 4.13. The third kappa shape index (κ3) is 3.27. The largest absolute Gasteiger partial charge is 0.382 e. The van der Waals surface area contributed by atoms with E-state index in [1.807, 2.05) is 25.1 Å². The fourth-order valence-corrected chi connectivity index (χ4v) is 2.51. The van der Waals surface area contributed by atoms with Gasteiger partial charge in [-0.25, -0.2) is 0 Å². The highest BCUT2D eigenvalue weighted by Gasteiger charge is 2.13. The van der Waals surface area contributed by atoms with E-state index in [9.17, 15) is 0 Å². The molecule has 1 aliphatic heterocycles. The van der Waals surface area contributed by atoms with Crippen LogP contribution in [0.2, 0.25) is 5.02 Å². The highest BCUT2D eigenvalue weighted by molar-refractivity contribution is 6.33. The van der Waals surface area contributed by atoms with Crippen molar-refractivity contribution in [1.29, 1.82) is 0 Å². The SMILES string of the molecule is CN(C)c1ccc(NC2CCNCC2)cc1Cl. The van der Waals surface area contributed by atoms with Crippen molar-refractivity contribution in [1.82, 2.24) is 5.32 Å². The lowest BCUT2D eigenvalue weighted by Crippen LogP contribution is -2.35. The number of halogens is 1. The molecule has 0 bridgehead atoms. The molecule has 0 aromatic heterocycles. The van der Waals surface area contributed by atoms with Crippen LogP contribution in [0.1, 0.15) is 12.8 Å². The van der Waals surface area contributed by atoms with Crippen LogP contribution < -0.4 is 15.5 Å². The Morgan fingerprint density at radius 1 is 1.29 bits per heavy atom. The molecular weight excluding hydrogens is 234 g/mol. The maximum absolute atomic E-state index is 6.25. The number of rotatable bonds is 3. The first-order chi connectivity index (χ1) is 8.16. The summed E-state index contributed by atoms with van der Waals surface area (Å²) in [5, 5.41) is 7.71. The number of piperidine rings is 1. The predicted molar refractivity (Wildman–Crippen MR) is 75.3 cm³/mol. The molecule has 17 heavy (non-hydrogen) atoms. The lowest BCUT2D eigenvalue weighted by Gasteiger charge is -2.25. The second kappa shape index (κ2) is 5.61. The first-order valence-corrected chi connectivity index (χ1v) is 6.49. The molecule has 1 aromatic rings. The Morgan fingerprint density at radius 2 is 2.00 bits per heavy atom. The summed E-state index contributed by atoms with van der Waals surface area (Å²) in [6, 6.07) is 6.74. The zero-order valence-corrected chi connectivity index (χ0v) is 11.2. The van der Waals surface area contributed by atoms with E-state index >= 15 is 0 Å². The summed E-state index contributed by atoms with van der Waals surface area (Å²) >= 11 is 6.25. The second-order valence-electron chi connectivity index (χ2n) is 4.73. The minimum Gasteiger partial charge on any atom is -0.382 e. The first-order valence-electron chi connectivity index (χ1n) is 6.11. The van der Waals surface area contributed by atoms with Crippen molar-refractivity contribution in [2.45, 2.75) is 18.9 Å². The Bertz CT molecular complexity index is 373. The van der Waals surface area contributed by atoms with Gasteiger partial charge in [0.25, 0.3) is 0 Å². The number of nitrogens with zero attached hydrogens (tertiary/aromatic N) is 1. The Morgan fingerprint density at radius 3 is 2.59 bits per heavy atom. The Labute approximate surface area is 108 Å². The Hall–Kier alpha value is -0.930. The summed E-state index contributed by atoms with van der Waals surface area (Å²) in [7, 11) is 4.00. The van der Waals surface area contributed by atoms with E-state index in [-0.39, 0.29) is 0 Å². The summed E-state index contributed by atoms with van der Waals surface area (Å²) < 4.78 is 0. The van der Waals surface area contributed by atoms with Crippen molar-refractivity contribution < 1.29 is 0 Å². The van der Waals surface area contributed by atoms with E-state index in [0.717, 1.165) is 29.5 Å². The van der Waals surface area contributed by atoms with Gasteiger partial charge in [0.1, 0.15) is 0 Å². The zero-order chi connectivity index (χ0) is 12.3. The van der Waals surface area contributed by atoms with Crippen LogP contribution in [0.3, 0.4) is 0 Å². The van der Waals surface area contributed by atoms with E-state index in [2.05, 4.69) is 22.8 Å². The minimum absolute atomic E-state index is 0.567. The molecule has 94 valence electrons. The van der Waals surface area contributed by atoms with E-state index < -0.39 is 0 Å². The second-order valence-corrected chi connectivity index (χ2v) is 5.14. The van der Waals surface area contributed by atoms with Crippen LogP contribution in [0.15, 0.2) is 18.2 Å². The van der Waals surface area contributed by atoms with Crippen molar-refractivity contribution in [2.75, 3.05) is 37.4 Å². The van der Waals surface area contributed by atoms with Gasteiger partial charge in [-0.2, -0.15) is 0 Å². The molecule has 1 aromatic carbocycles. The molecule has 4 heteroatoms. The summed E-state index contributed by atoms with van der Waals surface area (Å²) in [5.41, 5.74) is 2.18. The lowest BCUT2D eigenvalue weighted by atomic mass is 10.1. The van der Waals surface area contributed by atoms with Crippen LogP contribution in [-0.2, 0) is 0 Å². The molecule has 1 aliphatic rings. The van der Waals surface area contributed by atoms with E-state index in [1.54, 1.807) is 0 Å². The molecule has 0 spiro atoms. The van der Waals surface area contributed by atoms with Crippen molar-refractivity contribution in [3.63, 3.8) is 0 Å². The van der Waals surface area contributed by atoms with Gasteiger partial charge in [0.15, 0.2) is 0 Å². The van der Waals surface area contributed by atoms with Gasteiger partial charge in [0.05, 0.1) is 10.7 Å². The number of benzene rings is 1. The van der Waals surface area contributed by atoms with E-state index in [0.29, 0.717) is 6.04 Å². The van der Waals surface area contributed by atoms with Crippen LogP contribution in [0.4, 0.5) is 11.4 Å². The molecule has 0 radical (unpaired) electrons. The molecule has 3 nitrogen and oxygen atoms in total. The molecular formula is C13H20ClN3. The molecule has 2 rings (SSSR count). The Balaban J connectivity index is 2.04. The third-order valence-electron chi connectivity index (χ3n) is 3.14. The standard InChI is InChI=1S/C13H20ClN3/c1-17(2)13-4-3-11(9-12(13)14)16-10-5-7-15-8-6-10/h3-4,9-10,15-16H,5-8H2,1-2H3. The van der Waals surface area contributed by atoms with Crippen LogP contribution in [0.5, 0.6) is 0 Å². The van der Waals surface area contributed by atoms with Gasteiger partial charge in [-0.05, 0) is 44.1 Å². The molecule has 1 fully saturated rings. The fourth-order valence-electron chi connectivity index (χ4n) is 2.16. The smallest absolute Gasteiger partial charge is 0.0659 e. The number of hydrogen-bond acceptors (Lipinski definition) is 3. The van der Waals surface area contributed by atoms with Crippen LogP contribution >= 0.6 is 11.6 Å². The summed E-state index contributed by atoms with van der Waals surface area (Å²) in [6.07, 6.45) is 2.35. The highest BCUT2D eigenvalue weighted by atomic mass is 35.5. The quantitative estimate of drug-likeness (QED) is 0.867. The van der Waals surface area contributed by atoms with Gasteiger partial charge in [-0.1, -0.05) is 11.6 Å². The number of anilines is 2. The van der Waals surface area contributed by atoms with E-state index in [4.69, 9.17) is 11.6 Å². The van der Waals surface area contributed by atoms with Gasteiger partial charge >= 0.3 is 0 Å². The average molecular weight is 254 g/mol. The molecule has 1 saturated heterocycles. The first kappa shape index (κ1) is 12.5. The normalized spacial score (nSPS) is 16.9. The van der Waals surface area contributed by atoms with Crippen LogP contribution in [0.25, 0.3) is 0 Å². The number of nitrogens with one attached hydrogen (secondary N) is 2. The van der Waals surface area contributed by atoms with Crippen molar-refractivity contribution in [2.24, 2.45) is 0 Å². The van der Waals surface area contributed by atoms with Gasteiger partial charge in [0, 0.05) is 25.8 Å². The summed E-state index contributed by atoms with van der Waals surface area (Å²) in [5.74, 6) is 0. The zero-order valence-electron chi connectivity index (χ0n) is 10.5. The highest BCUT2D eigenvalue weighted by Crippen LogP contribution is 2.28. The van der Waals surface area contributed by atoms with Crippen LogP contribution in [0, 0.1) is 0 Å². The van der Waals surface area contributed by atoms with Gasteiger partial charge in [0.2, 0.25) is 0 Å². The molecule has 0 saturated carbocycles. The van der Waals surface area contributed by atoms with Crippen LogP contribution in [-0.4, -0.2) is 33.2 Å². The maximum Gasteiger partial charge on any atom is 0.0659 e. The van der Waals surface area contributed by atoms with Gasteiger partial charge in [-0.15, -0.1) is 0 Å². The predicted octanol–water partition coefficient (Wildman–Crippen LogP) is 2.57. The fraction of sp³-hybridized carbons (Fsp3) is 0.538. The minimum atomic E-state index is 0.567.